The van der Waals surface area contributed by atoms with Crippen molar-refractivity contribution in [3.8, 4) is 0 Å². The number of aryl methyl sites for hydroxylation is 2. The first-order valence-corrected chi connectivity index (χ1v) is 12.0. The van der Waals surface area contributed by atoms with Gasteiger partial charge in [0.25, 0.3) is 0 Å². The third-order valence-electron chi connectivity index (χ3n) is 6.52. The van der Waals surface area contributed by atoms with E-state index in [1.165, 1.54) is 22.3 Å². The first kappa shape index (κ1) is 21.5. The molecule has 0 fully saturated rings. The Morgan fingerprint density at radius 3 is 2.06 bits per heavy atom. The monoisotopic (exact) mass is 437 g/mol. The Morgan fingerprint density at radius 1 is 0.818 bits per heavy atom. The molecule has 0 bridgehead atoms. The summed E-state index contributed by atoms with van der Waals surface area (Å²) in [6, 6.07) is 31.6. The van der Waals surface area contributed by atoms with Gasteiger partial charge in [0.2, 0.25) is 0 Å². The van der Waals surface area contributed by atoms with Crippen molar-refractivity contribution in [1.82, 2.24) is 0 Å². The fourth-order valence-electron chi connectivity index (χ4n) is 4.86. The number of benzene rings is 3. The molecule has 0 unspecified atom stereocenters. The van der Waals surface area contributed by atoms with E-state index in [9.17, 15) is 0 Å². The molecule has 1 aromatic heterocycles. The highest BCUT2D eigenvalue weighted by atomic mass is 16.7. The van der Waals surface area contributed by atoms with Crippen molar-refractivity contribution in [3.63, 3.8) is 0 Å². The van der Waals surface area contributed by atoms with E-state index in [2.05, 4.69) is 104 Å². The predicted octanol–water partition coefficient (Wildman–Crippen LogP) is 7.76. The predicted molar refractivity (Wildman–Crippen MR) is 133 cm³/mol. The minimum atomic E-state index is -0.103. The Balaban J connectivity index is 1.73. The Labute approximate surface area is 196 Å². The number of hydroxylamine groups is 1. The Kier molecular flexibility index (Phi) is 6.32. The molecule has 0 radical (unpaired) electrons. The van der Waals surface area contributed by atoms with Crippen LogP contribution in [0.2, 0.25) is 0 Å². The van der Waals surface area contributed by atoms with Gasteiger partial charge in [-0.3, -0.25) is 4.84 Å². The lowest BCUT2D eigenvalue weighted by Gasteiger charge is -2.34. The summed E-state index contributed by atoms with van der Waals surface area (Å²) in [5.41, 5.74) is 5.97. The van der Waals surface area contributed by atoms with Crippen LogP contribution in [0.15, 0.2) is 95.4 Å². The summed E-state index contributed by atoms with van der Waals surface area (Å²) in [6.07, 6.45) is 3.86. The van der Waals surface area contributed by atoms with Gasteiger partial charge in [0.15, 0.2) is 0 Å². The molecule has 0 N–H and O–H groups in total. The zero-order chi connectivity index (χ0) is 22.6. The Hall–Kier alpha value is -3.30. The number of hydrogen-bond donors (Lipinski definition) is 0. The number of rotatable bonds is 6. The van der Waals surface area contributed by atoms with Crippen LogP contribution in [0.1, 0.15) is 65.7 Å². The summed E-state index contributed by atoms with van der Waals surface area (Å²) < 4.78 is 6.46. The molecule has 0 spiro atoms. The van der Waals surface area contributed by atoms with Gasteiger partial charge in [-0.2, -0.15) is 0 Å². The maximum atomic E-state index is 6.90. The van der Waals surface area contributed by atoms with Gasteiger partial charge < -0.3 is 4.42 Å². The van der Waals surface area contributed by atoms with Gasteiger partial charge in [0.1, 0.15) is 23.7 Å². The Morgan fingerprint density at radius 2 is 1.42 bits per heavy atom. The summed E-state index contributed by atoms with van der Waals surface area (Å²) in [5, 5.41) is 2.11. The minimum absolute atomic E-state index is 0.0818. The third-order valence-corrected chi connectivity index (χ3v) is 6.52. The second-order valence-corrected chi connectivity index (χ2v) is 8.76. The van der Waals surface area contributed by atoms with E-state index in [1.54, 1.807) is 0 Å². The van der Waals surface area contributed by atoms with Gasteiger partial charge in [-0.25, -0.2) is 5.06 Å². The van der Waals surface area contributed by atoms with E-state index >= 15 is 0 Å². The topological polar surface area (TPSA) is 25.6 Å². The molecule has 1 aliphatic rings. The smallest absolute Gasteiger partial charge is 0.115 e. The standard InChI is InChI=1S/C30H31NO2/c1-3-4-20-27-29-26(22(2)32-27)21-28(23-14-8-5-9-15-23)33-31(25-18-12-7-13-19-25)30(29)24-16-10-6-11-17-24/h5-19,28,30H,3-4,20-21H2,1-2H3/t28-,30-/m0/s1. The van der Waals surface area contributed by atoms with E-state index in [-0.39, 0.29) is 12.1 Å². The number of para-hydroxylation sites is 1. The maximum absolute atomic E-state index is 6.90. The van der Waals surface area contributed by atoms with E-state index in [0.29, 0.717) is 0 Å². The number of fused-ring (bicyclic) bond motifs is 1. The van der Waals surface area contributed by atoms with E-state index in [4.69, 9.17) is 9.25 Å². The molecule has 2 heterocycles. The summed E-state index contributed by atoms with van der Waals surface area (Å²) in [5.74, 6) is 2.10. The lowest BCUT2D eigenvalue weighted by molar-refractivity contribution is 0.0258. The lowest BCUT2D eigenvalue weighted by atomic mass is 9.90. The highest BCUT2D eigenvalue weighted by Gasteiger charge is 2.37. The number of nitrogens with zero attached hydrogens (tertiary/aromatic N) is 1. The van der Waals surface area contributed by atoms with Crippen LogP contribution in [0, 0.1) is 6.92 Å². The molecule has 1 aliphatic heterocycles. The molecule has 168 valence electrons. The number of furan rings is 1. The van der Waals surface area contributed by atoms with Crippen LogP contribution in [0.3, 0.4) is 0 Å². The molecule has 3 aromatic carbocycles. The summed E-state index contributed by atoms with van der Waals surface area (Å²) in [7, 11) is 0. The average molecular weight is 438 g/mol. The van der Waals surface area contributed by atoms with Crippen molar-refractivity contribution in [2.24, 2.45) is 0 Å². The normalized spacial score (nSPS) is 18.1. The largest absolute Gasteiger partial charge is 0.466 e. The molecular formula is C30H31NO2. The van der Waals surface area contributed by atoms with Gasteiger partial charge in [-0.05, 0) is 36.6 Å². The number of anilines is 1. The van der Waals surface area contributed by atoms with Crippen molar-refractivity contribution >= 4 is 5.69 Å². The second-order valence-electron chi connectivity index (χ2n) is 8.76. The van der Waals surface area contributed by atoms with Crippen LogP contribution in [0.4, 0.5) is 5.69 Å². The van der Waals surface area contributed by atoms with Crippen LogP contribution in [-0.2, 0) is 17.7 Å². The van der Waals surface area contributed by atoms with Crippen LogP contribution in [0.25, 0.3) is 0 Å². The minimum Gasteiger partial charge on any atom is -0.466 e. The molecule has 2 atom stereocenters. The third kappa shape index (κ3) is 4.34. The molecule has 5 rings (SSSR count). The quantitative estimate of drug-likeness (QED) is 0.308. The van der Waals surface area contributed by atoms with E-state index in [1.807, 2.05) is 6.07 Å². The average Bonchev–Trinajstić information content (AvgIpc) is 3.06. The highest BCUT2D eigenvalue weighted by Crippen LogP contribution is 2.45. The van der Waals surface area contributed by atoms with Crippen molar-refractivity contribution in [1.29, 1.82) is 0 Å². The zero-order valence-corrected chi connectivity index (χ0v) is 19.4. The van der Waals surface area contributed by atoms with Crippen LogP contribution >= 0.6 is 0 Å². The SMILES string of the molecule is CCCCc1oc(C)c2c1[C@H](c1ccccc1)N(c1ccccc1)O[C@H](c1ccccc1)C2. The molecule has 0 saturated carbocycles. The fraction of sp³-hybridized carbons (Fsp3) is 0.267. The maximum Gasteiger partial charge on any atom is 0.115 e. The molecule has 0 aliphatic carbocycles. The first-order valence-electron chi connectivity index (χ1n) is 12.0. The van der Waals surface area contributed by atoms with Crippen LogP contribution in [0.5, 0.6) is 0 Å². The zero-order valence-electron chi connectivity index (χ0n) is 19.4. The van der Waals surface area contributed by atoms with E-state index in [0.717, 1.165) is 42.9 Å². The van der Waals surface area contributed by atoms with Crippen molar-refractivity contribution in [2.75, 3.05) is 5.06 Å². The molecule has 3 heteroatoms. The summed E-state index contributed by atoms with van der Waals surface area (Å²) in [6.45, 7) is 4.34. The summed E-state index contributed by atoms with van der Waals surface area (Å²) >= 11 is 0. The van der Waals surface area contributed by atoms with Gasteiger partial charge in [-0.1, -0.05) is 92.2 Å². The molecule has 0 saturated heterocycles. The van der Waals surface area contributed by atoms with E-state index < -0.39 is 0 Å². The number of unbranched alkanes of at least 4 members (excludes halogenated alkanes) is 1. The van der Waals surface area contributed by atoms with Crippen LogP contribution in [-0.4, -0.2) is 0 Å². The second kappa shape index (κ2) is 9.68. The van der Waals surface area contributed by atoms with Crippen molar-refractivity contribution in [2.45, 2.75) is 51.7 Å². The van der Waals surface area contributed by atoms with Gasteiger partial charge in [-0.15, -0.1) is 0 Å². The highest BCUT2D eigenvalue weighted by molar-refractivity contribution is 5.54. The van der Waals surface area contributed by atoms with Crippen LogP contribution < -0.4 is 5.06 Å². The molecule has 33 heavy (non-hydrogen) atoms. The van der Waals surface area contributed by atoms with Gasteiger partial charge in [0.05, 0.1) is 5.69 Å². The lowest BCUT2D eigenvalue weighted by Crippen LogP contribution is -2.30. The molecule has 4 aromatic rings. The molecular weight excluding hydrogens is 406 g/mol. The summed E-state index contributed by atoms with van der Waals surface area (Å²) in [4.78, 5) is 6.90. The Bertz CT molecular complexity index is 1170. The molecule has 0 amide bonds. The first-order chi connectivity index (χ1) is 16.3. The van der Waals surface area contributed by atoms with Gasteiger partial charge >= 0.3 is 0 Å². The number of hydrogen-bond acceptors (Lipinski definition) is 3. The fourth-order valence-corrected chi connectivity index (χ4v) is 4.86. The van der Waals surface area contributed by atoms with Crippen molar-refractivity contribution in [3.05, 3.63) is 125 Å². The molecule has 3 nitrogen and oxygen atoms in total. The van der Waals surface area contributed by atoms with Gasteiger partial charge in [0, 0.05) is 24.0 Å². The van der Waals surface area contributed by atoms with Crippen molar-refractivity contribution < 1.29 is 9.25 Å².